The Hall–Kier alpha value is -0.610. The summed E-state index contributed by atoms with van der Waals surface area (Å²) in [6.45, 7) is 5.88. The minimum Gasteiger partial charge on any atom is -0.395 e. The van der Waals surface area contributed by atoms with Crippen molar-refractivity contribution in [1.29, 1.82) is 0 Å². The maximum Gasteiger partial charge on any atom is 0.237 e. The molecular weight excluding hydrogens is 204 g/mol. The number of hydrogen-bond acceptors (Lipinski definition) is 3. The topological polar surface area (TPSA) is 52.6 Å². The summed E-state index contributed by atoms with van der Waals surface area (Å²) in [6.07, 6.45) is 4.21. The SMILES string of the molecule is CCCCNC(=O)C(C)N1CCC[C@H]1CO. The molecule has 4 heteroatoms. The molecule has 1 heterocycles. The second-order valence-corrected chi connectivity index (χ2v) is 4.54. The van der Waals surface area contributed by atoms with Crippen LogP contribution in [0.3, 0.4) is 0 Å². The van der Waals surface area contributed by atoms with Crippen molar-refractivity contribution in [3.8, 4) is 0 Å². The van der Waals surface area contributed by atoms with Crippen molar-refractivity contribution in [3.63, 3.8) is 0 Å². The predicted octanol–water partition coefficient (Wildman–Crippen LogP) is 0.748. The first-order valence-corrected chi connectivity index (χ1v) is 6.35. The van der Waals surface area contributed by atoms with Crippen molar-refractivity contribution >= 4 is 5.91 Å². The van der Waals surface area contributed by atoms with Crippen LogP contribution < -0.4 is 5.32 Å². The monoisotopic (exact) mass is 228 g/mol. The molecule has 0 spiro atoms. The van der Waals surface area contributed by atoms with E-state index in [2.05, 4.69) is 17.1 Å². The Morgan fingerprint density at radius 1 is 1.62 bits per heavy atom. The number of hydrogen-bond donors (Lipinski definition) is 2. The van der Waals surface area contributed by atoms with Gasteiger partial charge in [0.1, 0.15) is 0 Å². The average Bonchev–Trinajstić information content (AvgIpc) is 2.76. The van der Waals surface area contributed by atoms with Gasteiger partial charge in [0, 0.05) is 12.6 Å². The first kappa shape index (κ1) is 13.5. The highest BCUT2D eigenvalue weighted by molar-refractivity contribution is 5.81. The fourth-order valence-electron chi connectivity index (χ4n) is 2.25. The number of carbonyl (C=O) groups excluding carboxylic acids is 1. The van der Waals surface area contributed by atoms with Gasteiger partial charge in [-0.2, -0.15) is 0 Å². The third-order valence-electron chi connectivity index (χ3n) is 3.34. The number of nitrogens with zero attached hydrogens (tertiary/aromatic N) is 1. The van der Waals surface area contributed by atoms with E-state index < -0.39 is 0 Å². The van der Waals surface area contributed by atoms with E-state index in [1.165, 1.54) is 0 Å². The highest BCUT2D eigenvalue weighted by atomic mass is 16.3. The Labute approximate surface area is 98.0 Å². The molecule has 0 aromatic heterocycles. The van der Waals surface area contributed by atoms with E-state index >= 15 is 0 Å². The number of aliphatic hydroxyl groups excluding tert-OH is 1. The number of unbranched alkanes of at least 4 members (excludes halogenated alkanes) is 1. The lowest BCUT2D eigenvalue weighted by atomic mass is 10.2. The van der Waals surface area contributed by atoms with Crippen molar-refractivity contribution in [3.05, 3.63) is 0 Å². The smallest absolute Gasteiger partial charge is 0.237 e. The van der Waals surface area contributed by atoms with E-state index in [4.69, 9.17) is 0 Å². The number of carbonyl (C=O) groups is 1. The minimum absolute atomic E-state index is 0.0915. The van der Waals surface area contributed by atoms with Gasteiger partial charge in [0.05, 0.1) is 12.6 Å². The Morgan fingerprint density at radius 3 is 3.00 bits per heavy atom. The molecule has 1 rings (SSSR count). The van der Waals surface area contributed by atoms with Crippen LogP contribution in [-0.4, -0.2) is 47.7 Å². The molecule has 16 heavy (non-hydrogen) atoms. The van der Waals surface area contributed by atoms with Crippen LogP contribution in [0.2, 0.25) is 0 Å². The van der Waals surface area contributed by atoms with Crippen molar-refractivity contribution < 1.29 is 9.90 Å². The van der Waals surface area contributed by atoms with E-state index in [1.807, 2.05) is 6.92 Å². The average molecular weight is 228 g/mol. The number of aliphatic hydroxyl groups is 1. The lowest BCUT2D eigenvalue weighted by molar-refractivity contribution is -0.126. The summed E-state index contributed by atoms with van der Waals surface area (Å²) in [7, 11) is 0. The van der Waals surface area contributed by atoms with E-state index in [9.17, 15) is 9.90 Å². The van der Waals surface area contributed by atoms with Crippen molar-refractivity contribution in [2.45, 2.75) is 51.6 Å². The molecule has 1 fully saturated rings. The largest absolute Gasteiger partial charge is 0.395 e. The van der Waals surface area contributed by atoms with Gasteiger partial charge in [0.2, 0.25) is 5.91 Å². The predicted molar refractivity (Wildman–Crippen MR) is 64.2 cm³/mol. The molecule has 0 bridgehead atoms. The van der Waals surface area contributed by atoms with Gasteiger partial charge in [0.25, 0.3) is 0 Å². The summed E-state index contributed by atoms with van der Waals surface area (Å²) in [4.78, 5) is 13.9. The molecule has 2 N–H and O–H groups in total. The first-order chi connectivity index (χ1) is 7.70. The van der Waals surface area contributed by atoms with Crippen LogP contribution in [-0.2, 0) is 4.79 Å². The van der Waals surface area contributed by atoms with E-state index in [0.29, 0.717) is 0 Å². The number of rotatable bonds is 6. The molecule has 0 saturated carbocycles. The van der Waals surface area contributed by atoms with Crippen molar-refractivity contribution in [2.75, 3.05) is 19.7 Å². The second kappa shape index (κ2) is 6.86. The maximum absolute atomic E-state index is 11.8. The van der Waals surface area contributed by atoms with Gasteiger partial charge >= 0.3 is 0 Å². The van der Waals surface area contributed by atoms with E-state index in [0.717, 1.165) is 38.8 Å². The summed E-state index contributed by atoms with van der Waals surface area (Å²) in [6, 6.07) is 0.0587. The molecule has 2 atom stereocenters. The summed E-state index contributed by atoms with van der Waals surface area (Å²) >= 11 is 0. The van der Waals surface area contributed by atoms with Gasteiger partial charge in [-0.15, -0.1) is 0 Å². The number of likely N-dealkylation sites (tertiary alicyclic amines) is 1. The Morgan fingerprint density at radius 2 is 2.38 bits per heavy atom. The third-order valence-corrected chi connectivity index (χ3v) is 3.34. The zero-order valence-electron chi connectivity index (χ0n) is 10.4. The van der Waals surface area contributed by atoms with E-state index in [-0.39, 0.29) is 24.6 Å². The van der Waals surface area contributed by atoms with Gasteiger partial charge < -0.3 is 10.4 Å². The van der Waals surface area contributed by atoms with Gasteiger partial charge in [-0.05, 0) is 32.7 Å². The highest BCUT2D eigenvalue weighted by Gasteiger charge is 2.31. The molecule has 0 radical (unpaired) electrons. The third kappa shape index (κ3) is 3.46. The summed E-state index contributed by atoms with van der Waals surface area (Å²) in [5, 5.41) is 12.2. The molecule has 94 valence electrons. The molecule has 4 nitrogen and oxygen atoms in total. The number of nitrogens with one attached hydrogen (secondary N) is 1. The van der Waals surface area contributed by atoms with Crippen LogP contribution in [0.15, 0.2) is 0 Å². The lowest BCUT2D eigenvalue weighted by Crippen LogP contribution is -2.48. The fraction of sp³-hybridized carbons (Fsp3) is 0.917. The molecule has 1 unspecified atom stereocenters. The Bertz CT molecular complexity index is 221. The summed E-state index contributed by atoms with van der Waals surface area (Å²) < 4.78 is 0. The van der Waals surface area contributed by atoms with Crippen LogP contribution in [0.1, 0.15) is 39.5 Å². The molecule has 1 aliphatic rings. The van der Waals surface area contributed by atoms with Crippen molar-refractivity contribution in [1.82, 2.24) is 10.2 Å². The van der Waals surface area contributed by atoms with Crippen LogP contribution in [0.25, 0.3) is 0 Å². The van der Waals surface area contributed by atoms with E-state index in [1.54, 1.807) is 0 Å². The van der Waals surface area contributed by atoms with Crippen molar-refractivity contribution in [2.24, 2.45) is 0 Å². The van der Waals surface area contributed by atoms with Gasteiger partial charge in [0.15, 0.2) is 0 Å². The zero-order chi connectivity index (χ0) is 12.0. The van der Waals surface area contributed by atoms with Crippen LogP contribution in [0.4, 0.5) is 0 Å². The summed E-state index contributed by atoms with van der Waals surface area (Å²) in [5.74, 6) is 0.0915. The molecule has 1 amide bonds. The molecule has 0 aromatic rings. The first-order valence-electron chi connectivity index (χ1n) is 6.35. The number of amides is 1. The van der Waals surface area contributed by atoms with Gasteiger partial charge in [-0.1, -0.05) is 13.3 Å². The molecular formula is C12H24N2O2. The molecule has 1 saturated heterocycles. The lowest BCUT2D eigenvalue weighted by Gasteiger charge is -2.28. The Balaban J connectivity index is 2.37. The quantitative estimate of drug-likeness (QED) is 0.660. The Kier molecular flexibility index (Phi) is 5.77. The van der Waals surface area contributed by atoms with Gasteiger partial charge in [-0.25, -0.2) is 0 Å². The molecule has 1 aliphatic heterocycles. The molecule has 0 aliphatic carbocycles. The molecule has 0 aromatic carbocycles. The fourth-order valence-corrected chi connectivity index (χ4v) is 2.25. The van der Waals surface area contributed by atoms with Crippen LogP contribution in [0, 0.1) is 0 Å². The highest BCUT2D eigenvalue weighted by Crippen LogP contribution is 2.19. The van der Waals surface area contributed by atoms with Crippen LogP contribution in [0.5, 0.6) is 0 Å². The maximum atomic E-state index is 11.8. The normalized spacial score (nSPS) is 23.3. The second-order valence-electron chi connectivity index (χ2n) is 4.54. The summed E-state index contributed by atoms with van der Waals surface area (Å²) in [5.41, 5.74) is 0. The zero-order valence-corrected chi connectivity index (χ0v) is 10.4. The van der Waals surface area contributed by atoms with Gasteiger partial charge in [-0.3, -0.25) is 9.69 Å². The van der Waals surface area contributed by atoms with Crippen LogP contribution >= 0.6 is 0 Å². The minimum atomic E-state index is -0.114. The standard InChI is InChI=1S/C12H24N2O2/c1-3-4-7-13-12(16)10(2)14-8-5-6-11(14)9-15/h10-11,15H,3-9H2,1-2H3,(H,13,16)/t10?,11-/m0/s1.